The van der Waals surface area contributed by atoms with Gasteiger partial charge in [-0.2, -0.15) is 8.42 Å². The van der Waals surface area contributed by atoms with Gasteiger partial charge in [0.25, 0.3) is 0 Å². The number of unbranched alkanes of at least 4 members (excludes halogenated alkanes) is 9. The van der Waals surface area contributed by atoms with Crippen LogP contribution in [0.4, 0.5) is 0 Å². The zero-order valence-electron chi connectivity index (χ0n) is 14.5. The Kier molecular flexibility index (Phi) is 12.2. The average Bonchev–Trinajstić information content (AvgIpc) is 2.39. The molecule has 2 N–H and O–H groups in total. The highest BCUT2D eigenvalue weighted by Crippen LogP contribution is 2.13. The van der Waals surface area contributed by atoms with E-state index in [2.05, 4.69) is 6.92 Å². The highest BCUT2D eigenvalue weighted by Gasteiger charge is 2.27. The van der Waals surface area contributed by atoms with E-state index in [1.807, 2.05) is 0 Å². The second kappa shape index (κ2) is 12.3. The number of quaternary nitrogens is 1. The molecule has 1 atom stereocenters. The Bertz CT molecular complexity index is 359. The van der Waals surface area contributed by atoms with Crippen molar-refractivity contribution in [2.45, 2.75) is 71.1 Å². The van der Waals surface area contributed by atoms with Crippen molar-refractivity contribution in [3.05, 3.63) is 0 Å². The summed E-state index contributed by atoms with van der Waals surface area (Å²) < 4.78 is 31.3. The van der Waals surface area contributed by atoms with Crippen molar-refractivity contribution in [1.29, 1.82) is 0 Å². The summed E-state index contributed by atoms with van der Waals surface area (Å²) in [5.74, 6) is -0.314. The number of aliphatic hydroxyl groups excluding tert-OH is 1. The molecule has 0 aromatic carbocycles. The molecule has 0 amide bonds. The molecule has 0 fully saturated rings. The van der Waals surface area contributed by atoms with E-state index in [0.29, 0.717) is 13.1 Å². The van der Waals surface area contributed by atoms with Crippen molar-refractivity contribution in [1.82, 2.24) is 0 Å². The first kappa shape index (κ1) is 21.8. The fourth-order valence-corrected chi connectivity index (χ4v) is 3.90. The van der Waals surface area contributed by atoms with Crippen LogP contribution in [0.5, 0.6) is 0 Å². The molecule has 0 aliphatic rings. The molecular weight excluding hydrogens is 302 g/mol. The normalized spacial score (nSPS) is 14.9. The van der Waals surface area contributed by atoms with Gasteiger partial charge >= 0.3 is 10.1 Å². The minimum atomic E-state index is -4.01. The number of nitrogens with zero attached hydrogens (tertiary/aromatic N) is 1. The molecule has 0 radical (unpaired) electrons. The summed E-state index contributed by atoms with van der Waals surface area (Å²) in [6.07, 6.45) is 12.4. The maximum absolute atomic E-state index is 11.1. The molecule has 0 spiro atoms. The summed E-state index contributed by atoms with van der Waals surface area (Å²) >= 11 is 0. The minimum Gasteiger partial charge on any atom is -0.391 e. The van der Waals surface area contributed by atoms with Gasteiger partial charge in [-0.3, -0.25) is 4.55 Å². The van der Waals surface area contributed by atoms with E-state index in [1.165, 1.54) is 51.4 Å². The van der Waals surface area contributed by atoms with Gasteiger partial charge in [-0.05, 0) is 12.8 Å². The lowest BCUT2D eigenvalue weighted by molar-refractivity contribution is -0.899. The Labute approximate surface area is 137 Å². The molecule has 6 heteroatoms. The van der Waals surface area contributed by atoms with Crippen LogP contribution in [0.2, 0.25) is 0 Å². The van der Waals surface area contributed by atoms with Gasteiger partial charge in [0.15, 0.2) is 0 Å². The second-order valence-electron chi connectivity index (χ2n) is 6.68. The lowest BCUT2D eigenvalue weighted by atomic mass is 10.1. The fourth-order valence-electron chi connectivity index (χ4n) is 2.86. The largest absolute Gasteiger partial charge is 0.391 e. The van der Waals surface area contributed by atoms with Gasteiger partial charge in [0, 0.05) is 0 Å². The van der Waals surface area contributed by atoms with Crippen LogP contribution in [0, 0.1) is 0 Å². The molecule has 1 unspecified atom stereocenters. The first-order valence-corrected chi connectivity index (χ1v) is 10.3. The first-order valence-electron chi connectivity index (χ1n) is 8.72. The van der Waals surface area contributed by atoms with Crippen LogP contribution in [0.15, 0.2) is 0 Å². The van der Waals surface area contributed by atoms with Gasteiger partial charge < -0.3 is 9.59 Å². The topological polar surface area (TPSA) is 74.6 Å². The number of aliphatic hydroxyl groups is 1. The molecular formula is C16H36NO4S+. The van der Waals surface area contributed by atoms with Crippen molar-refractivity contribution in [3.63, 3.8) is 0 Å². The third kappa shape index (κ3) is 13.5. The summed E-state index contributed by atoms with van der Waals surface area (Å²) in [6, 6.07) is 0. The molecule has 0 aliphatic carbocycles. The summed E-state index contributed by atoms with van der Waals surface area (Å²) in [5, 5.41) is 9.07. The molecule has 0 saturated carbocycles. The van der Waals surface area contributed by atoms with Gasteiger partial charge in [0.05, 0.1) is 20.2 Å². The third-order valence-electron chi connectivity index (χ3n) is 4.17. The van der Waals surface area contributed by atoms with Crippen LogP contribution < -0.4 is 0 Å². The zero-order valence-corrected chi connectivity index (χ0v) is 15.3. The minimum absolute atomic E-state index is 0.0657. The number of hydrogen-bond donors (Lipinski definition) is 2. The highest BCUT2D eigenvalue weighted by atomic mass is 32.2. The predicted octanol–water partition coefficient (Wildman–Crippen LogP) is 3.19. The summed E-state index contributed by atoms with van der Waals surface area (Å²) in [6.45, 7) is 3.20. The van der Waals surface area contributed by atoms with Crippen molar-refractivity contribution in [2.75, 3.05) is 32.6 Å². The van der Waals surface area contributed by atoms with Gasteiger partial charge in [-0.15, -0.1) is 0 Å². The molecule has 0 aromatic rings. The van der Waals surface area contributed by atoms with Crippen LogP contribution in [-0.2, 0) is 10.1 Å². The third-order valence-corrected chi connectivity index (χ3v) is 5.12. The average molecular weight is 339 g/mol. The smallest absolute Gasteiger partial charge is 0.316 e. The predicted molar refractivity (Wildman–Crippen MR) is 91.3 cm³/mol. The SMILES string of the molecule is CCCCCCCCCCCC[N+](C)(CCO)CS(=O)(=O)O. The molecule has 0 aromatic heterocycles. The van der Waals surface area contributed by atoms with Crippen molar-refractivity contribution >= 4 is 10.1 Å². The van der Waals surface area contributed by atoms with Crippen molar-refractivity contribution in [3.8, 4) is 0 Å². The van der Waals surface area contributed by atoms with E-state index in [-0.39, 0.29) is 17.0 Å². The molecule has 0 saturated heterocycles. The van der Waals surface area contributed by atoms with E-state index in [0.717, 1.165) is 12.8 Å². The van der Waals surface area contributed by atoms with Crippen LogP contribution in [0.1, 0.15) is 71.1 Å². The summed E-state index contributed by atoms with van der Waals surface area (Å²) in [5.41, 5.74) is 0. The maximum atomic E-state index is 11.1. The Balaban J connectivity index is 3.73. The van der Waals surface area contributed by atoms with Gasteiger partial charge in [0.1, 0.15) is 6.54 Å². The van der Waals surface area contributed by atoms with Crippen LogP contribution in [0.25, 0.3) is 0 Å². The molecule has 5 nitrogen and oxygen atoms in total. The lowest BCUT2D eigenvalue weighted by Crippen LogP contribution is -2.49. The number of likely N-dealkylation sites (N-methyl/N-ethyl adjacent to an activating group) is 1. The lowest BCUT2D eigenvalue weighted by Gasteiger charge is -2.32. The second-order valence-corrected chi connectivity index (χ2v) is 8.11. The molecule has 0 rings (SSSR count). The zero-order chi connectivity index (χ0) is 16.9. The summed E-state index contributed by atoms with van der Waals surface area (Å²) in [7, 11) is -2.23. The van der Waals surface area contributed by atoms with Gasteiger partial charge in [-0.1, -0.05) is 58.3 Å². The molecule has 0 aliphatic heterocycles. The van der Waals surface area contributed by atoms with E-state index in [4.69, 9.17) is 9.66 Å². The van der Waals surface area contributed by atoms with E-state index < -0.39 is 10.1 Å². The van der Waals surface area contributed by atoms with Crippen LogP contribution in [0.3, 0.4) is 0 Å². The van der Waals surface area contributed by atoms with E-state index in [1.54, 1.807) is 7.05 Å². The quantitative estimate of drug-likeness (QED) is 0.273. The van der Waals surface area contributed by atoms with Crippen molar-refractivity contribution in [2.24, 2.45) is 0 Å². The Morgan fingerprint density at radius 2 is 1.27 bits per heavy atom. The fraction of sp³-hybridized carbons (Fsp3) is 1.00. The van der Waals surface area contributed by atoms with Gasteiger partial charge in [-0.25, -0.2) is 0 Å². The maximum Gasteiger partial charge on any atom is 0.316 e. The number of rotatable bonds is 15. The Hall–Kier alpha value is -0.170. The summed E-state index contributed by atoms with van der Waals surface area (Å²) in [4.78, 5) is 0. The van der Waals surface area contributed by atoms with Crippen LogP contribution >= 0.6 is 0 Å². The first-order chi connectivity index (χ1) is 10.3. The Morgan fingerprint density at radius 1 is 0.818 bits per heavy atom. The van der Waals surface area contributed by atoms with Gasteiger partial charge in [0.2, 0.25) is 5.88 Å². The van der Waals surface area contributed by atoms with E-state index >= 15 is 0 Å². The molecule has 0 bridgehead atoms. The number of hydrogen-bond acceptors (Lipinski definition) is 3. The van der Waals surface area contributed by atoms with E-state index in [9.17, 15) is 8.42 Å². The standard InChI is InChI=1S/C16H35NO4S/c1-3-4-5-6-7-8-9-10-11-12-13-17(2,14-15-18)16-22(19,20)21/h18H,3-16H2,1-2H3/p+1. The van der Waals surface area contributed by atoms with Crippen molar-refractivity contribution < 1.29 is 22.6 Å². The molecule has 134 valence electrons. The molecule has 0 heterocycles. The molecule has 22 heavy (non-hydrogen) atoms. The monoisotopic (exact) mass is 338 g/mol. The highest BCUT2D eigenvalue weighted by molar-refractivity contribution is 7.85. The Morgan fingerprint density at radius 3 is 1.68 bits per heavy atom. The van der Waals surface area contributed by atoms with Crippen LogP contribution in [-0.4, -0.2) is 55.2 Å².